The van der Waals surface area contributed by atoms with Crippen molar-refractivity contribution >= 4 is 19.3 Å². The SMILES string of the molecule is [B]c1ccc(-c2cn[nH]c2C(=O)OC)cc1. The zero-order chi connectivity index (χ0) is 11.5. The number of nitrogens with zero attached hydrogens (tertiary/aromatic N) is 1. The molecule has 0 bridgehead atoms. The average Bonchev–Trinajstić information content (AvgIpc) is 2.78. The highest BCUT2D eigenvalue weighted by Gasteiger charge is 2.15. The summed E-state index contributed by atoms with van der Waals surface area (Å²) in [4.78, 5) is 11.4. The van der Waals surface area contributed by atoms with Gasteiger partial charge in [0.2, 0.25) is 0 Å². The molecule has 0 atom stereocenters. The maximum Gasteiger partial charge on any atom is 0.356 e. The molecule has 2 rings (SSSR count). The Morgan fingerprint density at radius 2 is 2.06 bits per heavy atom. The fourth-order valence-electron chi connectivity index (χ4n) is 1.43. The predicted octanol–water partition coefficient (Wildman–Crippen LogP) is 0.657. The third-order valence-corrected chi connectivity index (χ3v) is 2.25. The topological polar surface area (TPSA) is 55.0 Å². The van der Waals surface area contributed by atoms with Crippen molar-refractivity contribution in [3.8, 4) is 11.1 Å². The Morgan fingerprint density at radius 3 is 2.69 bits per heavy atom. The molecule has 0 saturated carbocycles. The van der Waals surface area contributed by atoms with Gasteiger partial charge in [-0.3, -0.25) is 5.10 Å². The Bertz CT molecular complexity index is 505. The highest BCUT2D eigenvalue weighted by molar-refractivity contribution is 6.32. The van der Waals surface area contributed by atoms with Gasteiger partial charge in [-0.1, -0.05) is 29.7 Å². The molecule has 0 spiro atoms. The van der Waals surface area contributed by atoms with E-state index in [2.05, 4.69) is 14.9 Å². The van der Waals surface area contributed by atoms with Crippen LogP contribution < -0.4 is 5.46 Å². The predicted molar refractivity (Wildman–Crippen MR) is 60.8 cm³/mol. The highest BCUT2D eigenvalue weighted by Crippen LogP contribution is 2.21. The molecule has 5 heteroatoms. The molecule has 1 aromatic carbocycles. The fourth-order valence-corrected chi connectivity index (χ4v) is 1.43. The van der Waals surface area contributed by atoms with Crippen LogP contribution in [0.3, 0.4) is 0 Å². The molecule has 2 radical (unpaired) electrons. The van der Waals surface area contributed by atoms with Gasteiger partial charge >= 0.3 is 5.97 Å². The first-order chi connectivity index (χ1) is 7.72. The van der Waals surface area contributed by atoms with Crippen molar-refractivity contribution in [3.05, 3.63) is 36.2 Å². The van der Waals surface area contributed by atoms with Gasteiger partial charge in [0.1, 0.15) is 7.85 Å². The Kier molecular flexibility index (Phi) is 2.77. The lowest BCUT2D eigenvalue weighted by atomic mass is 9.94. The van der Waals surface area contributed by atoms with E-state index in [0.29, 0.717) is 16.7 Å². The number of ether oxygens (including phenoxy) is 1. The molecule has 16 heavy (non-hydrogen) atoms. The van der Waals surface area contributed by atoms with Crippen molar-refractivity contribution in [2.75, 3.05) is 7.11 Å². The van der Waals surface area contributed by atoms with Gasteiger partial charge in [0.25, 0.3) is 0 Å². The van der Waals surface area contributed by atoms with E-state index >= 15 is 0 Å². The number of nitrogens with one attached hydrogen (secondary N) is 1. The van der Waals surface area contributed by atoms with Crippen LogP contribution in [0.1, 0.15) is 10.5 Å². The van der Waals surface area contributed by atoms with Crippen LogP contribution in [0.4, 0.5) is 0 Å². The smallest absolute Gasteiger partial charge is 0.356 e. The van der Waals surface area contributed by atoms with Crippen LogP contribution in [-0.4, -0.2) is 31.1 Å². The number of aromatic nitrogens is 2. The third kappa shape index (κ3) is 1.84. The molecule has 0 amide bonds. The van der Waals surface area contributed by atoms with Gasteiger partial charge < -0.3 is 4.74 Å². The number of carbonyl (C=O) groups is 1. The molecule has 4 nitrogen and oxygen atoms in total. The van der Waals surface area contributed by atoms with Crippen LogP contribution in [0.5, 0.6) is 0 Å². The summed E-state index contributed by atoms with van der Waals surface area (Å²) >= 11 is 0. The number of methoxy groups -OCH3 is 1. The van der Waals surface area contributed by atoms with Crippen LogP contribution >= 0.6 is 0 Å². The van der Waals surface area contributed by atoms with Crippen LogP contribution in [0.25, 0.3) is 11.1 Å². The van der Waals surface area contributed by atoms with Crippen LogP contribution in [0, 0.1) is 0 Å². The number of aromatic amines is 1. The van der Waals surface area contributed by atoms with Crippen molar-refractivity contribution in [2.45, 2.75) is 0 Å². The lowest BCUT2D eigenvalue weighted by Crippen LogP contribution is -2.04. The molecule has 2 aromatic rings. The van der Waals surface area contributed by atoms with E-state index in [1.807, 2.05) is 12.1 Å². The van der Waals surface area contributed by atoms with Gasteiger partial charge in [0.05, 0.1) is 13.3 Å². The second-order valence-corrected chi connectivity index (χ2v) is 3.27. The summed E-state index contributed by atoms with van der Waals surface area (Å²) in [7, 11) is 6.92. The zero-order valence-electron chi connectivity index (χ0n) is 8.73. The minimum absolute atomic E-state index is 0.340. The van der Waals surface area contributed by atoms with E-state index in [9.17, 15) is 4.79 Å². The minimum atomic E-state index is -0.440. The largest absolute Gasteiger partial charge is 0.464 e. The summed E-state index contributed by atoms with van der Waals surface area (Å²) in [5.41, 5.74) is 2.58. The first-order valence-electron chi connectivity index (χ1n) is 4.70. The lowest BCUT2D eigenvalue weighted by Gasteiger charge is -2.02. The Labute approximate surface area is 94.0 Å². The summed E-state index contributed by atoms with van der Waals surface area (Å²) in [5.74, 6) is -0.440. The lowest BCUT2D eigenvalue weighted by molar-refractivity contribution is 0.0595. The molecule has 1 aromatic heterocycles. The summed E-state index contributed by atoms with van der Waals surface area (Å²) in [6.45, 7) is 0. The van der Waals surface area contributed by atoms with Gasteiger partial charge in [-0.05, 0) is 5.56 Å². The average molecular weight is 212 g/mol. The molecule has 1 N–H and O–H groups in total. The molecule has 0 fully saturated rings. The minimum Gasteiger partial charge on any atom is -0.464 e. The zero-order valence-corrected chi connectivity index (χ0v) is 8.73. The van der Waals surface area contributed by atoms with Gasteiger partial charge in [0.15, 0.2) is 5.69 Å². The molecule has 0 aliphatic heterocycles. The standard InChI is InChI=1S/C11H9BN2O2/c1-16-11(15)10-9(6-13-14-10)7-2-4-8(12)5-3-7/h2-6H,1H3,(H,13,14). The summed E-state index contributed by atoms with van der Waals surface area (Å²) < 4.78 is 4.65. The van der Waals surface area contributed by atoms with Crippen molar-refractivity contribution in [1.29, 1.82) is 0 Å². The van der Waals surface area contributed by atoms with Crippen molar-refractivity contribution in [3.63, 3.8) is 0 Å². The van der Waals surface area contributed by atoms with E-state index in [0.717, 1.165) is 5.56 Å². The third-order valence-electron chi connectivity index (χ3n) is 2.25. The number of H-pyrrole nitrogens is 1. The molecule has 1 heterocycles. The van der Waals surface area contributed by atoms with E-state index in [1.165, 1.54) is 7.11 Å². The van der Waals surface area contributed by atoms with E-state index < -0.39 is 5.97 Å². The molecule has 0 aliphatic rings. The van der Waals surface area contributed by atoms with E-state index in [-0.39, 0.29) is 0 Å². The van der Waals surface area contributed by atoms with Gasteiger partial charge in [-0.2, -0.15) is 5.10 Å². The van der Waals surface area contributed by atoms with Gasteiger partial charge in [0, 0.05) is 5.56 Å². The number of rotatable bonds is 2. The van der Waals surface area contributed by atoms with Crippen LogP contribution in [0.15, 0.2) is 30.5 Å². The maximum absolute atomic E-state index is 11.4. The highest BCUT2D eigenvalue weighted by atomic mass is 16.5. The fraction of sp³-hybridized carbons (Fsp3) is 0.0909. The van der Waals surface area contributed by atoms with Crippen LogP contribution in [0.2, 0.25) is 0 Å². The van der Waals surface area contributed by atoms with Crippen LogP contribution in [-0.2, 0) is 4.74 Å². The number of carbonyl (C=O) groups excluding carboxylic acids is 1. The number of benzene rings is 1. The van der Waals surface area contributed by atoms with Crippen molar-refractivity contribution in [1.82, 2.24) is 10.2 Å². The summed E-state index contributed by atoms with van der Waals surface area (Å²) in [5, 5.41) is 6.45. The Hall–Kier alpha value is -2.04. The Balaban J connectivity index is 2.44. The van der Waals surface area contributed by atoms with Crippen molar-refractivity contribution in [2.24, 2.45) is 0 Å². The van der Waals surface area contributed by atoms with Gasteiger partial charge in [-0.25, -0.2) is 4.79 Å². The molecular formula is C11H9BN2O2. The van der Waals surface area contributed by atoms with Gasteiger partial charge in [-0.15, -0.1) is 0 Å². The number of esters is 1. The summed E-state index contributed by atoms with van der Waals surface area (Å²) in [6, 6.07) is 7.19. The molecule has 0 aliphatic carbocycles. The van der Waals surface area contributed by atoms with E-state index in [4.69, 9.17) is 7.85 Å². The first-order valence-corrected chi connectivity index (χ1v) is 4.70. The van der Waals surface area contributed by atoms with E-state index in [1.54, 1.807) is 18.3 Å². The summed E-state index contributed by atoms with van der Waals surface area (Å²) in [6.07, 6.45) is 1.58. The second-order valence-electron chi connectivity index (χ2n) is 3.27. The number of hydrogen-bond donors (Lipinski definition) is 1. The quantitative estimate of drug-likeness (QED) is 0.587. The normalized spacial score (nSPS) is 10.1. The maximum atomic E-state index is 11.4. The first kappa shape index (κ1) is 10.5. The van der Waals surface area contributed by atoms with Crippen molar-refractivity contribution < 1.29 is 9.53 Å². The molecule has 0 saturated heterocycles. The monoisotopic (exact) mass is 212 g/mol. The number of hydrogen-bond acceptors (Lipinski definition) is 3. The molecule has 78 valence electrons. The molecular weight excluding hydrogens is 203 g/mol. The Morgan fingerprint density at radius 1 is 1.38 bits per heavy atom. The second kappa shape index (κ2) is 4.22. The molecule has 0 unspecified atom stereocenters.